The first-order valence-electron chi connectivity index (χ1n) is 8.52. The summed E-state index contributed by atoms with van der Waals surface area (Å²) in [6.45, 7) is 7.23. The zero-order valence-electron chi connectivity index (χ0n) is 14.7. The number of imidazole rings is 1. The minimum absolute atomic E-state index is 0.111. The summed E-state index contributed by atoms with van der Waals surface area (Å²) in [5.41, 5.74) is 5.50. The number of pyridine rings is 1. The van der Waals surface area contributed by atoms with E-state index < -0.39 is 0 Å². The molecule has 0 radical (unpaired) electrons. The number of aromatic nitrogens is 2. The molecule has 128 valence electrons. The fourth-order valence-corrected chi connectivity index (χ4v) is 3.34. The second kappa shape index (κ2) is 5.92. The van der Waals surface area contributed by atoms with Gasteiger partial charge in [0.15, 0.2) is 0 Å². The third kappa shape index (κ3) is 2.76. The number of benzene rings is 1. The first-order valence-corrected chi connectivity index (χ1v) is 8.52. The Labute approximate surface area is 146 Å². The van der Waals surface area contributed by atoms with Gasteiger partial charge in [0.25, 0.3) is 5.91 Å². The number of amides is 1. The number of aryl methyl sites for hydroxylation is 2. The molecule has 1 aliphatic rings. The Balaban J connectivity index is 1.56. The largest absolute Gasteiger partial charge is 0.493 e. The fourth-order valence-electron chi connectivity index (χ4n) is 3.34. The van der Waals surface area contributed by atoms with Crippen LogP contribution in [0.25, 0.3) is 5.65 Å². The molecule has 0 aliphatic carbocycles. The van der Waals surface area contributed by atoms with Gasteiger partial charge in [-0.1, -0.05) is 19.1 Å². The van der Waals surface area contributed by atoms with Crippen molar-refractivity contribution >= 4 is 11.6 Å². The molecular weight excluding hydrogens is 314 g/mol. The predicted octanol–water partition coefficient (Wildman–Crippen LogP) is 3.38. The van der Waals surface area contributed by atoms with Gasteiger partial charge in [-0.05, 0) is 43.2 Å². The average Bonchev–Trinajstić information content (AvgIpc) is 3.12. The molecule has 1 amide bonds. The molecule has 1 N–H and O–H groups in total. The molecule has 0 saturated carbocycles. The van der Waals surface area contributed by atoms with Crippen LogP contribution in [0.1, 0.15) is 45.7 Å². The molecule has 2 aromatic heterocycles. The molecule has 0 fully saturated rings. The molecule has 5 heteroatoms. The van der Waals surface area contributed by atoms with Gasteiger partial charge >= 0.3 is 0 Å². The number of nitrogens with zero attached hydrogens (tertiary/aromatic N) is 2. The maximum absolute atomic E-state index is 12.7. The Morgan fingerprint density at radius 2 is 2.16 bits per heavy atom. The third-order valence-electron chi connectivity index (χ3n) is 4.70. The smallest absolute Gasteiger partial charge is 0.270 e. The monoisotopic (exact) mass is 335 g/mol. The van der Waals surface area contributed by atoms with Gasteiger partial charge in [0.1, 0.15) is 17.1 Å². The van der Waals surface area contributed by atoms with Crippen LogP contribution in [0.15, 0.2) is 36.5 Å². The molecule has 0 saturated heterocycles. The van der Waals surface area contributed by atoms with Crippen LogP contribution in [0.3, 0.4) is 0 Å². The summed E-state index contributed by atoms with van der Waals surface area (Å²) in [7, 11) is 0. The average molecular weight is 335 g/mol. The zero-order chi connectivity index (χ0) is 17.6. The maximum Gasteiger partial charge on any atom is 0.270 e. The summed E-state index contributed by atoms with van der Waals surface area (Å²) in [6, 6.07) is 10.0. The standard InChI is InChI=1S/C20H21N3O2/c1-12-4-7-18-22-14(3)19(23(18)10-12)20(24)21-9-15-5-6-17-16(8-15)13(2)11-25-17/h4-8,10,13H,9,11H2,1-3H3,(H,21,24). The third-order valence-corrected chi connectivity index (χ3v) is 4.70. The number of rotatable bonds is 3. The normalized spacial score (nSPS) is 15.9. The summed E-state index contributed by atoms with van der Waals surface area (Å²) >= 11 is 0. The molecule has 3 aromatic rings. The summed E-state index contributed by atoms with van der Waals surface area (Å²) in [6.07, 6.45) is 1.94. The van der Waals surface area contributed by atoms with Gasteiger partial charge in [-0.3, -0.25) is 9.20 Å². The number of carbonyl (C=O) groups is 1. The Bertz CT molecular complexity index is 974. The van der Waals surface area contributed by atoms with Crippen LogP contribution in [0.4, 0.5) is 0 Å². The summed E-state index contributed by atoms with van der Waals surface area (Å²) in [4.78, 5) is 17.2. The van der Waals surface area contributed by atoms with Crippen LogP contribution in [0.5, 0.6) is 5.75 Å². The van der Waals surface area contributed by atoms with Crippen LogP contribution in [-0.2, 0) is 6.54 Å². The van der Waals surface area contributed by atoms with E-state index in [1.54, 1.807) is 0 Å². The minimum atomic E-state index is -0.111. The molecule has 0 bridgehead atoms. The molecule has 0 spiro atoms. The van der Waals surface area contributed by atoms with Crippen molar-refractivity contribution in [2.24, 2.45) is 0 Å². The van der Waals surface area contributed by atoms with Gasteiger partial charge in [-0.25, -0.2) is 4.98 Å². The number of hydrogen-bond donors (Lipinski definition) is 1. The van der Waals surface area contributed by atoms with E-state index in [0.717, 1.165) is 34.8 Å². The van der Waals surface area contributed by atoms with Crippen LogP contribution in [0, 0.1) is 13.8 Å². The van der Waals surface area contributed by atoms with Gasteiger partial charge in [0, 0.05) is 24.2 Å². The lowest BCUT2D eigenvalue weighted by Crippen LogP contribution is -2.25. The minimum Gasteiger partial charge on any atom is -0.493 e. The first-order chi connectivity index (χ1) is 12.0. The Hall–Kier alpha value is -2.82. The lowest BCUT2D eigenvalue weighted by molar-refractivity contribution is 0.0944. The highest BCUT2D eigenvalue weighted by Gasteiger charge is 2.21. The van der Waals surface area contributed by atoms with E-state index >= 15 is 0 Å². The topological polar surface area (TPSA) is 55.6 Å². The Morgan fingerprint density at radius 3 is 3.00 bits per heavy atom. The predicted molar refractivity (Wildman–Crippen MR) is 96.2 cm³/mol. The fraction of sp³-hybridized carbons (Fsp3) is 0.300. The SMILES string of the molecule is Cc1ccc2nc(C)c(C(=O)NCc3ccc4c(c3)C(C)CO4)n2c1. The Kier molecular flexibility index (Phi) is 3.71. The summed E-state index contributed by atoms with van der Waals surface area (Å²) in [5, 5.41) is 3.02. The van der Waals surface area contributed by atoms with E-state index in [4.69, 9.17) is 4.74 Å². The van der Waals surface area contributed by atoms with Gasteiger partial charge in [0.05, 0.1) is 12.3 Å². The molecule has 25 heavy (non-hydrogen) atoms. The van der Waals surface area contributed by atoms with E-state index in [2.05, 4.69) is 23.3 Å². The zero-order valence-corrected chi connectivity index (χ0v) is 14.7. The Morgan fingerprint density at radius 1 is 1.32 bits per heavy atom. The molecule has 1 unspecified atom stereocenters. The van der Waals surface area contributed by atoms with E-state index in [-0.39, 0.29) is 5.91 Å². The quantitative estimate of drug-likeness (QED) is 0.798. The second-order valence-corrected chi connectivity index (χ2v) is 6.75. The van der Waals surface area contributed by atoms with Crippen molar-refractivity contribution in [1.29, 1.82) is 0 Å². The number of ether oxygens (including phenoxy) is 1. The molecule has 1 aromatic carbocycles. The van der Waals surface area contributed by atoms with Crippen molar-refractivity contribution in [3.05, 3.63) is 64.6 Å². The van der Waals surface area contributed by atoms with E-state index in [9.17, 15) is 4.79 Å². The molecule has 1 atom stereocenters. The summed E-state index contributed by atoms with van der Waals surface area (Å²) < 4.78 is 7.49. The second-order valence-electron chi connectivity index (χ2n) is 6.75. The highest BCUT2D eigenvalue weighted by atomic mass is 16.5. The van der Waals surface area contributed by atoms with Crippen LogP contribution >= 0.6 is 0 Å². The van der Waals surface area contributed by atoms with Crippen molar-refractivity contribution in [3.63, 3.8) is 0 Å². The molecule has 4 rings (SSSR count). The molecular formula is C20H21N3O2. The highest BCUT2D eigenvalue weighted by Crippen LogP contribution is 2.34. The van der Waals surface area contributed by atoms with E-state index in [0.29, 0.717) is 18.2 Å². The van der Waals surface area contributed by atoms with Crippen molar-refractivity contribution < 1.29 is 9.53 Å². The first kappa shape index (κ1) is 15.7. The van der Waals surface area contributed by atoms with Crippen molar-refractivity contribution in [1.82, 2.24) is 14.7 Å². The molecule has 1 aliphatic heterocycles. The van der Waals surface area contributed by atoms with E-state index in [1.165, 1.54) is 5.56 Å². The van der Waals surface area contributed by atoms with Crippen LogP contribution < -0.4 is 10.1 Å². The maximum atomic E-state index is 12.7. The number of nitrogens with one attached hydrogen (secondary N) is 1. The lowest BCUT2D eigenvalue weighted by Gasteiger charge is -2.09. The van der Waals surface area contributed by atoms with Crippen molar-refractivity contribution in [2.75, 3.05) is 6.61 Å². The van der Waals surface area contributed by atoms with Crippen molar-refractivity contribution in [2.45, 2.75) is 33.2 Å². The van der Waals surface area contributed by atoms with Gasteiger partial charge in [0.2, 0.25) is 0 Å². The summed E-state index contributed by atoms with van der Waals surface area (Å²) in [5.74, 6) is 1.24. The number of fused-ring (bicyclic) bond motifs is 2. The van der Waals surface area contributed by atoms with E-state index in [1.807, 2.05) is 48.7 Å². The van der Waals surface area contributed by atoms with Gasteiger partial charge in [-0.15, -0.1) is 0 Å². The van der Waals surface area contributed by atoms with Crippen LogP contribution in [0.2, 0.25) is 0 Å². The highest BCUT2D eigenvalue weighted by molar-refractivity contribution is 5.94. The lowest BCUT2D eigenvalue weighted by atomic mass is 10.0. The number of carbonyl (C=O) groups excluding carboxylic acids is 1. The molecule has 3 heterocycles. The van der Waals surface area contributed by atoms with Gasteiger partial charge in [-0.2, -0.15) is 0 Å². The van der Waals surface area contributed by atoms with Crippen molar-refractivity contribution in [3.8, 4) is 5.75 Å². The molecule has 5 nitrogen and oxygen atoms in total. The number of hydrogen-bond acceptors (Lipinski definition) is 3. The van der Waals surface area contributed by atoms with Gasteiger partial charge < -0.3 is 10.1 Å². The van der Waals surface area contributed by atoms with Crippen LogP contribution in [-0.4, -0.2) is 21.9 Å².